The molecule has 0 spiro atoms. The van der Waals surface area contributed by atoms with E-state index < -0.39 is 23.7 Å². The van der Waals surface area contributed by atoms with Crippen LogP contribution < -0.4 is 4.90 Å². The van der Waals surface area contributed by atoms with Gasteiger partial charge in [0.2, 0.25) is 0 Å². The van der Waals surface area contributed by atoms with Crippen LogP contribution in [0, 0.1) is 5.82 Å². The third-order valence-electron chi connectivity index (χ3n) is 5.52. The molecule has 1 aliphatic heterocycles. The number of halogens is 4. The number of aromatic amines is 1. The molecule has 0 saturated heterocycles. The maximum absolute atomic E-state index is 14.6. The van der Waals surface area contributed by atoms with Gasteiger partial charge in [-0.2, -0.15) is 18.3 Å². The Morgan fingerprint density at radius 3 is 2.76 bits per heavy atom. The number of anilines is 1. The highest BCUT2D eigenvalue weighted by Crippen LogP contribution is 2.38. The van der Waals surface area contributed by atoms with Crippen LogP contribution >= 0.6 is 0 Å². The summed E-state index contributed by atoms with van der Waals surface area (Å²) < 4.78 is 54.1. The van der Waals surface area contributed by atoms with Crippen molar-refractivity contribution in [2.75, 3.05) is 18.0 Å². The van der Waals surface area contributed by atoms with Gasteiger partial charge in [0.1, 0.15) is 11.5 Å². The van der Waals surface area contributed by atoms with E-state index in [1.54, 1.807) is 4.90 Å². The highest BCUT2D eigenvalue weighted by Gasteiger charge is 2.36. The molecule has 4 rings (SSSR count). The average molecular weight is 409 g/mol. The molecule has 29 heavy (non-hydrogen) atoms. The van der Waals surface area contributed by atoms with Crippen LogP contribution in [0.4, 0.5) is 23.2 Å². The third kappa shape index (κ3) is 3.86. The Balaban J connectivity index is 1.60. The molecule has 2 heterocycles. The summed E-state index contributed by atoms with van der Waals surface area (Å²) in [6.07, 6.45) is 0.196. The van der Waals surface area contributed by atoms with Crippen LogP contribution in [0.25, 0.3) is 10.9 Å². The number of aromatic nitrogens is 2. The summed E-state index contributed by atoms with van der Waals surface area (Å²) in [6.45, 7) is 0.919. The number of carbonyl (C=O) groups is 1. The molecule has 2 N–H and O–H groups in total. The molecule has 9 heteroatoms. The number of nitrogens with one attached hydrogen (secondary N) is 1. The van der Waals surface area contributed by atoms with Crippen molar-refractivity contribution in [1.29, 1.82) is 0 Å². The predicted molar refractivity (Wildman–Crippen MR) is 99.1 cm³/mol. The first-order valence-electron chi connectivity index (χ1n) is 9.34. The molecule has 0 atom stereocenters. The van der Waals surface area contributed by atoms with Crippen LogP contribution in [0.2, 0.25) is 0 Å². The molecule has 0 fully saturated rings. The Morgan fingerprint density at radius 1 is 1.24 bits per heavy atom. The van der Waals surface area contributed by atoms with Gasteiger partial charge in [0.25, 0.3) is 0 Å². The topological polar surface area (TPSA) is 69.2 Å². The van der Waals surface area contributed by atoms with E-state index in [1.165, 1.54) is 6.07 Å². The van der Waals surface area contributed by atoms with Crippen molar-refractivity contribution in [3.63, 3.8) is 0 Å². The molecule has 154 valence electrons. The van der Waals surface area contributed by atoms with Crippen molar-refractivity contribution in [2.45, 2.75) is 38.3 Å². The first kappa shape index (κ1) is 19.5. The summed E-state index contributed by atoms with van der Waals surface area (Å²) in [7, 11) is 0. The normalized spacial score (nSPS) is 17.5. The van der Waals surface area contributed by atoms with Gasteiger partial charge >= 0.3 is 12.1 Å². The Kier molecular flexibility index (Phi) is 4.84. The number of alkyl halides is 3. The number of nitrogens with zero attached hydrogens (tertiary/aromatic N) is 2. The number of allylic oxidation sites excluding steroid dienone is 2. The molecule has 1 aromatic carbocycles. The van der Waals surface area contributed by atoms with E-state index >= 15 is 0 Å². The van der Waals surface area contributed by atoms with Gasteiger partial charge in [-0.25, -0.2) is 4.39 Å². The van der Waals surface area contributed by atoms with E-state index in [9.17, 15) is 22.4 Å². The van der Waals surface area contributed by atoms with Crippen LogP contribution in [-0.4, -0.2) is 34.4 Å². The van der Waals surface area contributed by atoms with E-state index in [0.29, 0.717) is 25.9 Å². The molecular weight excluding hydrogens is 390 g/mol. The maximum atomic E-state index is 14.6. The van der Waals surface area contributed by atoms with Gasteiger partial charge in [-0.1, -0.05) is 11.6 Å². The molecule has 0 radical (unpaired) electrons. The van der Waals surface area contributed by atoms with Crippen LogP contribution in [0.15, 0.2) is 34.9 Å². The van der Waals surface area contributed by atoms with Gasteiger partial charge in [-0.15, -0.1) is 0 Å². The zero-order chi connectivity index (χ0) is 20.8. The minimum absolute atomic E-state index is 0.0563. The van der Waals surface area contributed by atoms with Gasteiger partial charge in [-0.3, -0.25) is 9.89 Å². The summed E-state index contributed by atoms with van der Waals surface area (Å²) in [5.41, 5.74) is 2.46. The number of carboxylic acids is 1. The number of H-pyrrole nitrogens is 1. The number of benzene rings is 1. The van der Waals surface area contributed by atoms with Crippen molar-refractivity contribution >= 4 is 22.6 Å². The van der Waals surface area contributed by atoms with E-state index in [4.69, 9.17) is 5.11 Å². The summed E-state index contributed by atoms with van der Waals surface area (Å²) in [4.78, 5) is 12.5. The Labute approximate surface area is 163 Å². The van der Waals surface area contributed by atoms with E-state index in [1.807, 2.05) is 11.2 Å². The fourth-order valence-electron chi connectivity index (χ4n) is 4.04. The molecular formula is C20H19F4N3O2. The largest absolute Gasteiger partial charge is 0.481 e. The zero-order valence-corrected chi connectivity index (χ0v) is 15.4. The third-order valence-corrected chi connectivity index (χ3v) is 5.52. The van der Waals surface area contributed by atoms with Crippen molar-refractivity contribution < 1.29 is 27.5 Å². The number of rotatable bonds is 4. The van der Waals surface area contributed by atoms with E-state index in [0.717, 1.165) is 35.6 Å². The molecule has 1 aromatic heterocycles. The van der Waals surface area contributed by atoms with Gasteiger partial charge in [0.05, 0.1) is 11.2 Å². The maximum Gasteiger partial charge on any atom is 0.433 e. The summed E-state index contributed by atoms with van der Waals surface area (Å²) >= 11 is 0. The quantitative estimate of drug-likeness (QED) is 0.711. The Hall–Kier alpha value is -2.84. The molecule has 2 aromatic rings. The van der Waals surface area contributed by atoms with Crippen molar-refractivity contribution in [2.24, 2.45) is 0 Å². The summed E-state index contributed by atoms with van der Waals surface area (Å²) in [6, 6.07) is 2.25. The van der Waals surface area contributed by atoms with Gasteiger partial charge in [0.15, 0.2) is 0 Å². The Morgan fingerprint density at radius 2 is 2.03 bits per heavy atom. The molecule has 0 bridgehead atoms. The van der Waals surface area contributed by atoms with Crippen LogP contribution in [0.3, 0.4) is 0 Å². The lowest BCUT2D eigenvalue weighted by Gasteiger charge is -2.34. The fourth-order valence-corrected chi connectivity index (χ4v) is 4.04. The minimum atomic E-state index is -4.60. The zero-order valence-electron chi connectivity index (χ0n) is 15.4. The highest BCUT2D eigenvalue weighted by atomic mass is 19.4. The standard InChI is InChI=1S/C20H19F4N3O2/c21-15-9-16-14(19(26-25-16)20(22,23)24)8-17(15)27-6-5-12-7-11(2-4-18(28)29)1-3-13(12)10-27/h7-9H,1-6,10H2,(H,25,26)(H,28,29). The molecule has 1 aliphatic carbocycles. The lowest BCUT2D eigenvalue weighted by Crippen LogP contribution is -2.33. The number of carboxylic acid groups (broad SMARTS) is 1. The number of fused-ring (bicyclic) bond motifs is 1. The average Bonchev–Trinajstić information content (AvgIpc) is 3.08. The van der Waals surface area contributed by atoms with Crippen LogP contribution in [-0.2, 0) is 11.0 Å². The number of hydrogen-bond donors (Lipinski definition) is 2. The molecule has 0 saturated carbocycles. The molecule has 2 aliphatic rings. The second-order valence-electron chi connectivity index (χ2n) is 7.41. The molecule has 0 amide bonds. The van der Waals surface area contributed by atoms with Crippen molar-refractivity contribution in [1.82, 2.24) is 10.2 Å². The van der Waals surface area contributed by atoms with Gasteiger partial charge in [0, 0.05) is 31.0 Å². The Bertz CT molecular complexity index is 1040. The predicted octanol–water partition coefficient (Wildman–Crippen LogP) is 4.81. The lowest BCUT2D eigenvalue weighted by molar-refractivity contribution is -0.140. The first-order chi connectivity index (χ1) is 13.7. The van der Waals surface area contributed by atoms with Crippen molar-refractivity contribution in [3.05, 3.63) is 46.4 Å². The van der Waals surface area contributed by atoms with E-state index in [-0.39, 0.29) is 23.0 Å². The van der Waals surface area contributed by atoms with Crippen LogP contribution in [0.1, 0.15) is 37.8 Å². The van der Waals surface area contributed by atoms with Crippen LogP contribution in [0.5, 0.6) is 0 Å². The smallest absolute Gasteiger partial charge is 0.433 e. The lowest BCUT2D eigenvalue weighted by atomic mass is 9.86. The minimum Gasteiger partial charge on any atom is -0.481 e. The highest BCUT2D eigenvalue weighted by molar-refractivity contribution is 5.86. The van der Waals surface area contributed by atoms with E-state index in [2.05, 4.69) is 5.10 Å². The number of aliphatic carboxylic acids is 1. The second-order valence-corrected chi connectivity index (χ2v) is 7.41. The monoisotopic (exact) mass is 409 g/mol. The summed E-state index contributed by atoms with van der Waals surface area (Å²) in [5.74, 6) is -1.43. The van der Waals surface area contributed by atoms with Gasteiger partial charge < -0.3 is 10.0 Å². The number of hydrogen-bond acceptors (Lipinski definition) is 3. The SMILES string of the molecule is O=C(O)CCC1=CC2=C(CC1)CN(c1cc3c(C(F)(F)F)[nH]nc3cc1F)CC2. The summed E-state index contributed by atoms with van der Waals surface area (Å²) in [5, 5.41) is 14.2. The second kappa shape index (κ2) is 7.20. The fraction of sp³-hybridized carbons (Fsp3) is 0.400. The van der Waals surface area contributed by atoms with Gasteiger partial charge in [-0.05, 0) is 42.9 Å². The van der Waals surface area contributed by atoms with Crippen molar-refractivity contribution in [3.8, 4) is 0 Å². The molecule has 0 unspecified atom stereocenters. The molecule has 5 nitrogen and oxygen atoms in total. The first-order valence-corrected chi connectivity index (χ1v) is 9.34.